The van der Waals surface area contributed by atoms with Gasteiger partial charge in [0, 0.05) is 37.1 Å². The Kier molecular flexibility index (Phi) is 11.2. The van der Waals surface area contributed by atoms with Crippen molar-refractivity contribution >= 4 is 34.2 Å². The average molecular weight is 550 g/mol. The number of aromatic nitrogens is 1. The number of benzene rings is 2. The van der Waals surface area contributed by atoms with Crippen molar-refractivity contribution in [2.45, 2.75) is 33.7 Å². The Balaban J connectivity index is 1.63. The van der Waals surface area contributed by atoms with Crippen molar-refractivity contribution in [3.8, 4) is 0 Å². The molecule has 208 valence electrons. The number of nitrogens with zero attached hydrogens (tertiary/aromatic N) is 4. The van der Waals surface area contributed by atoms with Crippen LogP contribution in [0.1, 0.15) is 41.0 Å². The van der Waals surface area contributed by atoms with E-state index in [0.717, 1.165) is 17.7 Å². The predicted molar refractivity (Wildman–Crippen MR) is 157 cm³/mol. The zero-order valence-corrected chi connectivity index (χ0v) is 24.3. The Morgan fingerprint density at radius 3 is 2.31 bits per heavy atom. The van der Waals surface area contributed by atoms with Crippen LogP contribution in [0.2, 0.25) is 0 Å². The van der Waals surface area contributed by atoms with E-state index in [1.165, 1.54) is 11.3 Å². The molecule has 39 heavy (non-hydrogen) atoms. The van der Waals surface area contributed by atoms with Crippen LogP contribution in [-0.4, -0.2) is 77.7 Å². The lowest BCUT2D eigenvalue weighted by Gasteiger charge is -2.24. The Hall–Kier alpha value is -3.56. The number of thiazole rings is 1. The van der Waals surface area contributed by atoms with Crippen molar-refractivity contribution in [2.24, 2.45) is 5.92 Å². The van der Waals surface area contributed by atoms with E-state index < -0.39 is 0 Å². The number of rotatable bonds is 13. The van der Waals surface area contributed by atoms with Crippen molar-refractivity contribution in [2.75, 3.05) is 45.6 Å². The summed E-state index contributed by atoms with van der Waals surface area (Å²) in [5.74, 6) is -0.300. The third-order valence-electron chi connectivity index (χ3n) is 6.10. The molecule has 0 unspecified atom stereocenters. The van der Waals surface area contributed by atoms with Crippen molar-refractivity contribution in [1.29, 1.82) is 0 Å². The Morgan fingerprint density at radius 1 is 0.949 bits per heavy atom. The van der Waals surface area contributed by atoms with Gasteiger partial charge in [0.05, 0.1) is 12.1 Å². The first-order valence-electron chi connectivity index (χ1n) is 13.2. The lowest BCUT2D eigenvalue weighted by molar-refractivity contribution is -0.131. The summed E-state index contributed by atoms with van der Waals surface area (Å²) in [4.78, 5) is 49.2. The molecule has 9 heteroatoms. The second-order valence-corrected chi connectivity index (χ2v) is 11.2. The second-order valence-electron chi connectivity index (χ2n) is 10.4. The largest absolute Gasteiger partial charge is 0.337 e. The summed E-state index contributed by atoms with van der Waals surface area (Å²) in [6.45, 7) is 8.19. The van der Waals surface area contributed by atoms with Crippen molar-refractivity contribution in [3.05, 3.63) is 82.4 Å². The molecule has 0 bridgehead atoms. The molecule has 3 aromatic rings. The molecule has 8 nitrogen and oxygen atoms in total. The van der Waals surface area contributed by atoms with Gasteiger partial charge in [-0.1, -0.05) is 62.4 Å². The van der Waals surface area contributed by atoms with Crippen LogP contribution in [-0.2, 0) is 22.6 Å². The van der Waals surface area contributed by atoms with E-state index in [2.05, 4.69) is 10.3 Å². The number of amides is 3. The maximum Gasteiger partial charge on any atom is 0.254 e. The Bertz CT molecular complexity index is 1240. The minimum Gasteiger partial charge on any atom is -0.337 e. The fourth-order valence-electron chi connectivity index (χ4n) is 4.10. The molecule has 0 aliphatic rings. The van der Waals surface area contributed by atoms with Gasteiger partial charge in [-0.3, -0.25) is 14.4 Å². The first-order chi connectivity index (χ1) is 18.6. The van der Waals surface area contributed by atoms with Crippen LogP contribution in [0.5, 0.6) is 0 Å². The van der Waals surface area contributed by atoms with E-state index in [-0.39, 0.29) is 36.6 Å². The molecule has 0 atom stereocenters. The zero-order valence-electron chi connectivity index (χ0n) is 23.5. The molecule has 1 aromatic heterocycles. The van der Waals surface area contributed by atoms with E-state index in [9.17, 15) is 14.4 Å². The van der Waals surface area contributed by atoms with Crippen LogP contribution in [0.3, 0.4) is 0 Å². The van der Waals surface area contributed by atoms with Gasteiger partial charge in [0.25, 0.3) is 5.91 Å². The van der Waals surface area contributed by atoms with Gasteiger partial charge in [-0.15, -0.1) is 11.3 Å². The smallest absolute Gasteiger partial charge is 0.254 e. The number of nitrogens with one attached hydrogen (secondary N) is 1. The van der Waals surface area contributed by atoms with E-state index in [4.69, 9.17) is 0 Å². The molecule has 0 radical (unpaired) electrons. The number of likely N-dealkylation sites (N-methyl/N-ethyl adjacent to an activating group) is 1. The second kappa shape index (κ2) is 14.6. The summed E-state index contributed by atoms with van der Waals surface area (Å²) >= 11 is 1.28. The van der Waals surface area contributed by atoms with Gasteiger partial charge in [-0.05, 0) is 44.1 Å². The van der Waals surface area contributed by atoms with Crippen molar-refractivity contribution in [1.82, 2.24) is 19.7 Å². The van der Waals surface area contributed by atoms with Gasteiger partial charge in [0.2, 0.25) is 11.8 Å². The van der Waals surface area contributed by atoms with Gasteiger partial charge in [-0.25, -0.2) is 4.98 Å². The molecule has 0 fully saturated rings. The minimum absolute atomic E-state index is 0.0178. The molecule has 3 amide bonds. The molecule has 0 aliphatic heterocycles. The summed E-state index contributed by atoms with van der Waals surface area (Å²) in [5, 5.41) is 5.02. The summed E-state index contributed by atoms with van der Waals surface area (Å²) < 4.78 is 0. The number of aryl methyl sites for hydroxylation is 1. The molecule has 0 saturated carbocycles. The third-order valence-corrected chi connectivity index (χ3v) is 6.91. The highest BCUT2D eigenvalue weighted by Crippen LogP contribution is 2.18. The van der Waals surface area contributed by atoms with Gasteiger partial charge < -0.3 is 20.0 Å². The quantitative estimate of drug-likeness (QED) is 0.343. The minimum atomic E-state index is -0.318. The summed E-state index contributed by atoms with van der Waals surface area (Å²) in [5.41, 5.74) is 3.15. The van der Waals surface area contributed by atoms with E-state index >= 15 is 0 Å². The zero-order chi connectivity index (χ0) is 28.4. The highest BCUT2D eigenvalue weighted by atomic mass is 32.1. The van der Waals surface area contributed by atoms with Crippen LogP contribution in [0.4, 0.5) is 5.13 Å². The van der Waals surface area contributed by atoms with E-state index in [1.54, 1.807) is 16.3 Å². The molecule has 1 heterocycles. The highest BCUT2D eigenvalue weighted by Gasteiger charge is 2.22. The Labute approximate surface area is 235 Å². The van der Waals surface area contributed by atoms with Crippen LogP contribution in [0.25, 0.3) is 0 Å². The maximum atomic E-state index is 13.2. The normalized spacial score (nSPS) is 11.1. The molecular weight excluding hydrogens is 510 g/mol. The van der Waals surface area contributed by atoms with Crippen LogP contribution < -0.4 is 5.32 Å². The van der Waals surface area contributed by atoms with E-state index in [1.807, 2.05) is 93.2 Å². The summed E-state index contributed by atoms with van der Waals surface area (Å²) in [6, 6.07) is 17.3. The first-order valence-corrected chi connectivity index (χ1v) is 14.1. The Morgan fingerprint density at radius 2 is 1.64 bits per heavy atom. The van der Waals surface area contributed by atoms with Gasteiger partial charge >= 0.3 is 0 Å². The number of hydrogen-bond acceptors (Lipinski definition) is 6. The number of carbonyl (C=O) groups excluding carboxylic acids is 3. The fourth-order valence-corrected chi connectivity index (χ4v) is 4.83. The number of hydrogen-bond donors (Lipinski definition) is 1. The molecular formula is C30H39N5O3S. The lowest BCUT2D eigenvalue weighted by Crippen LogP contribution is -2.40. The van der Waals surface area contributed by atoms with Crippen LogP contribution >= 0.6 is 11.3 Å². The monoisotopic (exact) mass is 549 g/mol. The molecule has 0 spiro atoms. The van der Waals surface area contributed by atoms with Crippen molar-refractivity contribution < 1.29 is 14.4 Å². The molecule has 0 saturated heterocycles. The third kappa shape index (κ3) is 9.60. The molecule has 2 aromatic carbocycles. The van der Waals surface area contributed by atoms with Gasteiger partial charge in [-0.2, -0.15) is 0 Å². The molecule has 0 aliphatic carbocycles. The van der Waals surface area contributed by atoms with Gasteiger partial charge in [0.15, 0.2) is 5.13 Å². The molecule has 1 N–H and O–H groups in total. The lowest BCUT2D eigenvalue weighted by atomic mass is 10.1. The van der Waals surface area contributed by atoms with Crippen LogP contribution in [0.15, 0.2) is 60.0 Å². The number of anilines is 1. The highest BCUT2D eigenvalue weighted by molar-refractivity contribution is 7.13. The standard InChI is InChI=1S/C30H39N5O3S/c1-22(2)18-35(29(38)26-14-10-9-11-23(26)3)20-27(36)32-30-31-25(21-39-30)17-28(37)34(16-15-33(4)5)19-24-12-7-6-8-13-24/h6-14,21-22H,15-20H2,1-5H3,(H,31,32,36). The summed E-state index contributed by atoms with van der Waals surface area (Å²) in [6.07, 6.45) is 0.151. The maximum absolute atomic E-state index is 13.2. The molecule has 3 rings (SSSR count). The topological polar surface area (TPSA) is 85.8 Å². The summed E-state index contributed by atoms with van der Waals surface area (Å²) in [7, 11) is 3.97. The SMILES string of the molecule is Cc1ccccc1C(=O)N(CC(=O)Nc1nc(CC(=O)N(CCN(C)C)Cc2ccccc2)cs1)CC(C)C. The fraction of sp³-hybridized carbons (Fsp3) is 0.400. The van der Waals surface area contributed by atoms with Crippen molar-refractivity contribution in [3.63, 3.8) is 0 Å². The first kappa shape index (κ1) is 30.0. The predicted octanol–water partition coefficient (Wildman–Crippen LogP) is 4.32. The van der Waals surface area contributed by atoms with Gasteiger partial charge in [0.1, 0.15) is 6.54 Å². The average Bonchev–Trinajstić information content (AvgIpc) is 3.32. The number of carbonyl (C=O) groups is 3. The van der Waals surface area contributed by atoms with Crippen LogP contribution in [0, 0.1) is 12.8 Å². The van der Waals surface area contributed by atoms with E-state index in [0.29, 0.717) is 36.0 Å².